The van der Waals surface area contributed by atoms with E-state index in [9.17, 15) is 0 Å². The quantitative estimate of drug-likeness (QED) is 0.241. The van der Waals surface area contributed by atoms with Gasteiger partial charge in [0.15, 0.2) is 0 Å². The first-order valence-corrected chi connectivity index (χ1v) is 14.7. The maximum absolute atomic E-state index is 2.57. The van der Waals surface area contributed by atoms with Crippen LogP contribution in [0.15, 0.2) is 133 Å². The summed E-state index contributed by atoms with van der Waals surface area (Å²) < 4.78 is 0. The molecule has 0 spiro atoms. The van der Waals surface area contributed by atoms with Crippen LogP contribution in [0, 0.1) is 0 Å². The second-order valence-electron chi connectivity index (χ2n) is 7.63. The number of benzene rings is 4. The molecule has 0 saturated carbocycles. The molecule has 0 amide bonds. The lowest BCUT2D eigenvalue weighted by molar-refractivity contribution is 1.55. The molecular weight excluding hydrogens is 404 g/mol. The zero-order valence-corrected chi connectivity index (χ0v) is 20.7. The van der Waals surface area contributed by atoms with Crippen LogP contribution in [0.4, 0.5) is 0 Å². The van der Waals surface area contributed by atoms with Gasteiger partial charge in [-0.25, -0.2) is 0 Å². The minimum absolute atomic E-state index is 0.271. The van der Waals surface area contributed by atoms with Crippen LogP contribution < -0.4 is 0 Å². The summed E-state index contributed by atoms with van der Waals surface area (Å²) in [6, 6.07) is 43.3. The van der Waals surface area contributed by atoms with Gasteiger partial charge in [-0.1, -0.05) is 138 Å². The third kappa shape index (κ3) is 5.91. The molecule has 152 valence electrons. The molecular formula is C29H28Si2. The van der Waals surface area contributed by atoms with Crippen molar-refractivity contribution in [3.05, 3.63) is 155 Å². The van der Waals surface area contributed by atoms with Crippen molar-refractivity contribution in [2.45, 2.75) is 5.67 Å². The van der Waals surface area contributed by atoms with Crippen molar-refractivity contribution in [2.75, 3.05) is 0 Å². The lowest BCUT2D eigenvalue weighted by Gasteiger charge is -2.09. The third-order valence-corrected chi connectivity index (χ3v) is 10.1. The normalized spacial score (nSPS) is 11.1. The van der Waals surface area contributed by atoms with Crippen LogP contribution in [0.25, 0.3) is 11.1 Å². The molecule has 0 N–H and O–H groups in total. The van der Waals surface area contributed by atoms with Gasteiger partial charge in [0.25, 0.3) is 0 Å². The van der Waals surface area contributed by atoms with E-state index in [1.165, 1.54) is 39.1 Å². The van der Waals surface area contributed by atoms with Crippen LogP contribution in [-0.2, 0) is 0 Å². The second kappa shape index (κ2) is 11.3. The molecule has 0 atom stereocenters. The van der Waals surface area contributed by atoms with Crippen molar-refractivity contribution < 1.29 is 0 Å². The van der Waals surface area contributed by atoms with Gasteiger partial charge in [-0.15, -0.1) is 0 Å². The Hall–Kier alpha value is -3.21. The molecule has 0 aliphatic carbocycles. The fraction of sp³-hybridized carbons (Fsp3) is 0.0345. The van der Waals surface area contributed by atoms with E-state index in [0.717, 1.165) is 0 Å². The van der Waals surface area contributed by atoms with E-state index in [0.29, 0.717) is 0 Å². The summed E-state index contributed by atoms with van der Waals surface area (Å²) in [5, 5.41) is 0. The maximum atomic E-state index is 2.57. The second-order valence-corrected chi connectivity index (χ2v) is 12.4. The first-order valence-electron chi connectivity index (χ1n) is 11.0. The predicted octanol–water partition coefficient (Wildman–Crippen LogP) is 5.88. The number of rotatable bonds is 8. The lowest BCUT2D eigenvalue weighted by atomic mass is 10.00. The monoisotopic (exact) mass is 432 g/mol. The molecule has 0 aromatic heterocycles. The van der Waals surface area contributed by atoms with Crippen molar-refractivity contribution >= 4 is 30.2 Å². The molecule has 4 aromatic carbocycles. The fourth-order valence-corrected chi connectivity index (χ4v) is 7.98. The van der Waals surface area contributed by atoms with Crippen LogP contribution in [-0.4, -0.2) is 19.0 Å². The topological polar surface area (TPSA) is 0 Å². The third-order valence-electron chi connectivity index (χ3n) is 5.44. The molecule has 0 aliphatic heterocycles. The Morgan fingerprint density at radius 3 is 0.935 bits per heavy atom. The van der Waals surface area contributed by atoms with E-state index < -0.39 is 0 Å². The summed E-state index contributed by atoms with van der Waals surface area (Å²) in [5.74, 6) is 0. The zero-order chi connectivity index (χ0) is 21.1. The highest BCUT2D eigenvalue weighted by Crippen LogP contribution is 2.24. The van der Waals surface area contributed by atoms with Crippen molar-refractivity contribution in [3.63, 3.8) is 0 Å². The largest absolute Gasteiger partial charge is 0.0935 e. The summed E-state index contributed by atoms with van der Waals surface area (Å²) in [5.41, 5.74) is 14.6. The molecule has 0 aliphatic rings. The van der Waals surface area contributed by atoms with E-state index in [1.807, 2.05) is 0 Å². The van der Waals surface area contributed by atoms with Gasteiger partial charge in [0.1, 0.15) is 0 Å². The van der Waals surface area contributed by atoms with Gasteiger partial charge in [0.05, 0.1) is 0 Å². The average molecular weight is 433 g/mol. The average Bonchev–Trinajstić information content (AvgIpc) is 2.86. The predicted molar refractivity (Wildman–Crippen MR) is 142 cm³/mol. The molecule has 4 aromatic rings. The first kappa shape index (κ1) is 21.0. The highest BCUT2D eigenvalue weighted by atomic mass is 28.3. The molecule has 4 rings (SSSR count). The van der Waals surface area contributed by atoms with Crippen LogP contribution in [0.2, 0.25) is 5.67 Å². The van der Waals surface area contributed by atoms with Crippen LogP contribution >= 0.6 is 0 Å². The van der Waals surface area contributed by atoms with E-state index in [-0.39, 0.29) is 19.0 Å². The zero-order valence-electron chi connectivity index (χ0n) is 17.8. The van der Waals surface area contributed by atoms with Crippen molar-refractivity contribution in [1.82, 2.24) is 0 Å². The summed E-state index contributed by atoms with van der Waals surface area (Å²) in [6.07, 6.45) is 0. The molecule has 0 nitrogen and oxygen atoms in total. The van der Waals surface area contributed by atoms with Crippen LogP contribution in [0.3, 0.4) is 0 Å². The van der Waals surface area contributed by atoms with Gasteiger partial charge in [-0.05, 0) is 33.4 Å². The fourth-order valence-electron chi connectivity index (χ4n) is 3.89. The SMILES string of the molecule is C([SiH2]C[SiH2]C=C(c1ccccc1)c1ccccc1)=C(c1ccccc1)c1ccccc1. The summed E-state index contributed by atoms with van der Waals surface area (Å²) in [4.78, 5) is 0. The summed E-state index contributed by atoms with van der Waals surface area (Å²) in [7, 11) is -0.543. The molecule has 0 bridgehead atoms. The lowest BCUT2D eigenvalue weighted by Crippen LogP contribution is -1.98. The number of hydrogen-bond acceptors (Lipinski definition) is 0. The van der Waals surface area contributed by atoms with E-state index in [1.54, 1.807) is 0 Å². The maximum Gasteiger partial charge on any atom is 0.0434 e. The van der Waals surface area contributed by atoms with E-state index in [4.69, 9.17) is 0 Å². The Kier molecular flexibility index (Phi) is 7.64. The molecule has 0 heterocycles. The minimum Gasteiger partial charge on any atom is -0.0935 e. The van der Waals surface area contributed by atoms with Gasteiger partial charge in [0.2, 0.25) is 0 Å². The molecule has 0 fully saturated rings. The molecule has 31 heavy (non-hydrogen) atoms. The standard InChI is InChI=1S/C29H28Si2/c1-5-13-24(14-6-1)28(25-15-7-2-8-16-25)21-30-23-31-22-29(26-17-9-3-10-18-26)27-19-11-4-12-20-27/h1-22H,23,30-31H2. The minimum atomic E-state index is -0.271. The van der Waals surface area contributed by atoms with Gasteiger partial charge < -0.3 is 0 Å². The summed E-state index contributed by atoms with van der Waals surface area (Å²) in [6.45, 7) is 0. The Morgan fingerprint density at radius 1 is 0.419 bits per heavy atom. The molecule has 0 saturated heterocycles. The van der Waals surface area contributed by atoms with Crippen molar-refractivity contribution in [2.24, 2.45) is 0 Å². The molecule has 2 heteroatoms. The molecule has 0 radical (unpaired) electrons. The van der Waals surface area contributed by atoms with E-state index >= 15 is 0 Å². The Morgan fingerprint density at radius 2 is 0.677 bits per heavy atom. The molecule has 0 unspecified atom stereocenters. The Labute approximate surface area is 190 Å². The Balaban J connectivity index is 1.51. The van der Waals surface area contributed by atoms with E-state index in [2.05, 4.69) is 133 Å². The van der Waals surface area contributed by atoms with Crippen LogP contribution in [0.1, 0.15) is 22.3 Å². The highest BCUT2D eigenvalue weighted by molar-refractivity contribution is 6.63. The van der Waals surface area contributed by atoms with Gasteiger partial charge in [-0.3, -0.25) is 0 Å². The van der Waals surface area contributed by atoms with Crippen LogP contribution in [0.5, 0.6) is 0 Å². The Bertz CT molecular complexity index is 941. The first-order chi connectivity index (χ1) is 15.4. The van der Waals surface area contributed by atoms with Gasteiger partial charge in [-0.2, -0.15) is 0 Å². The smallest absolute Gasteiger partial charge is 0.0434 e. The van der Waals surface area contributed by atoms with Gasteiger partial charge in [0, 0.05) is 19.0 Å². The van der Waals surface area contributed by atoms with Crippen molar-refractivity contribution in [3.8, 4) is 0 Å². The van der Waals surface area contributed by atoms with Crippen molar-refractivity contribution in [1.29, 1.82) is 0 Å². The summed E-state index contributed by atoms with van der Waals surface area (Å²) >= 11 is 0. The number of hydrogen-bond donors (Lipinski definition) is 0. The highest BCUT2D eigenvalue weighted by Gasteiger charge is 2.05. The van der Waals surface area contributed by atoms with Gasteiger partial charge >= 0.3 is 0 Å².